The minimum atomic E-state index is -0.372. The van der Waals surface area contributed by atoms with Crippen LogP contribution in [-0.4, -0.2) is 22.4 Å². The lowest BCUT2D eigenvalue weighted by Crippen LogP contribution is -2.32. The number of aromatic nitrogens is 2. The van der Waals surface area contributed by atoms with Crippen molar-refractivity contribution in [3.05, 3.63) is 105 Å². The highest BCUT2D eigenvalue weighted by atomic mass is 32.1. The van der Waals surface area contributed by atoms with E-state index in [4.69, 9.17) is 0 Å². The Bertz CT molecular complexity index is 1400. The molecule has 30 heavy (non-hydrogen) atoms. The number of nitrogens with one attached hydrogen (secondary N) is 3. The van der Waals surface area contributed by atoms with Gasteiger partial charge in [0.15, 0.2) is 0 Å². The molecule has 0 fully saturated rings. The van der Waals surface area contributed by atoms with E-state index >= 15 is 0 Å². The summed E-state index contributed by atoms with van der Waals surface area (Å²) in [6, 6.07) is 19.4. The lowest BCUT2D eigenvalue weighted by Gasteiger charge is -2.16. The van der Waals surface area contributed by atoms with Crippen molar-refractivity contribution in [2.45, 2.75) is 5.92 Å². The van der Waals surface area contributed by atoms with Crippen LogP contribution in [0.15, 0.2) is 83.2 Å². The Morgan fingerprint density at radius 2 is 1.60 bits per heavy atom. The Morgan fingerprint density at radius 3 is 2.37 bits per heavy atom. The smallest absolute Gasteiger partial charge is 0.256 e. The van der Waals surface area contributed by atoms with Crippen LogP contribution in [0.5, 0.6) is 0 Å². The van der Waals surface area contributed by atoms with Gasteiger partial charge in [-0.05, 0) is 35.2 Å². The van der Waals surface area contributed by atoms with E-state index in [1.165, 1.54) is 6.20 Å². The number of fused-ring (bicyclic) bond motifs is 2. The first-order chi connectivity index (χ1) is 14.7. The van der Waals surface area contributed by atoms with Crippen molar-refractivity contribution in [2.75, 3.05) is 6.54 Å². The van der Waals surface area contributed by atoms with Gasteiger partial charge < -0.3 is 15.3 Å². The Morgan fingerprint density at radius 1 is 0.900 bits per heavy atom. The molecule has 3 N–H and O–H groups in total. The maximum atomic E-state index is 12.9. The summed E-state index contributed by atoms with van der Waals surface area (Å²) >= 11 is 1.66. The van der Waals surface area contributed by atoms with Crippen molar-refractivity contribution in [3.8, 4) is 0 Å². The van der Waals surface area contributed by atoms with Gasteiger partial charge in [-0.25, -0.2) is 0 Å². The van der Waals surface area contributed by atoms with Crippen molar-refractivity contribution in [1.29, 1.82) is 0 Å². The number of rotatable bonds is 5. The SMILES string of the molecule is O=C(NCC(c1cccs1)c1c[nH]c2ccccc12)c1c[nH]c2ccccc2c1=O. The molecule has 5 rings (SSSR count). The zero-order valence-corrected chi connectivity index (χ0v) is 16.8. The second kappa shape index (κ2) is 7.65. The summed E-state index contributed by atoms with van der Waals surface area (Å²) in [7, 11) is 0. The number of hydrogen-bond acceptors (Lipinski definition) is 3. The number of hydrogen-bond donors (Lipinski definition) is 3. The number of aromatic amines is 2. The van der Waals surface area contributed by atoms with Crippen molar-refractivity contribution in [2.24, 2.45) is 0 Å². The van der Waals surface area contributed by atoms with Crippen LogP contribution >= 0.6 is 11.3 Å². The maximum Gasteiger partial charge on any atom is 0.256 e. The molecule has 5 nitrogen and oxygen atoms in total. The summed E-state index contributed by atoms with van der Waals surface area (Å²) < 4.78 is 0. The van der Waals surface area contributed by atoms with Gasteiger partial charge in [0.2, 0.25) is 5.43 Å². The van der Waals surface area contributed by atoms with Gasteiger partial charge in [0.05, 0.1) is 0 Å². The van der Waals surface area contributed by atoms with Gasteiger partial charge in [-0.15, -0.1) is 11.3 Å². The molecule has 6 heteroatoms. The zero-order chi connectivity index (χ0) is 20.5. The highest BCUT2D eigenvalue weighted by molar-refractivity contribution is 7.10. The molecule has 1 atom stereocenters. The molecule has 0 aliphatic rings. The first kappa shape index (κ1) is 18.4. The molecule has 1 amide bonds. The Labute approximate surface area is 176 Å². The summed E-state index contributed by atoms with van der Waals surface area (Å²) in [4.78, 5) is 33.2. The molecule has 2 aromatic carbocycles. The topological polar surface area (TPSA) is 77.8 Å². The third-order valence-corrected chi connectivity index (χ3v) is 6.37. The number of carbonyl (C=O) groups is 1. The minimum Gasteiger partial charge on any atom is -0.361 e. The van der Waals surface area contributed by atoms with Crippen molar-refractivity contribution < 1.29 is 4.79 Å². The largest absolute Gasteiger partial charge is 0.361 e. The number of pyridine rings is 1. The molecule has 3 heterocycles. The summed E-state index contributed by atoms with van der Waals surface area (Å²) in [5, 5.41) is 6.66. The monoisotopic (exact) mass is 413 g/mol. The summed E-state index contributed by atoms with van der Waals surface area (Å²) in [6.07, 6.45) is 3.50. The second-order valence-corrected chi connectivity index (χ2v) is 8.12. The molecule has 0 aliphatic heterocycles. The highest BCUT2D eigenvalue weighted by Crippen LogP contribution is 2.32. The van der Waals surface area contributed by atoms with E-state index in [9.17, 15) is 9.59 Å². The molecule has 0 radical (unpaired) electrons. The van der Waals surface area contributed by atoms with Gasteiger partial charge in [0, 0.05) is 51.5 Å². The number of H-pyrrole nitrogens is 2. The molecule has 1 unspecified atom stereocenters. The third-order valence-electron chi connectivity index (χ3n) is 5.38. The van der Waals surface area contributed by atoms with Crippen LogP contribution in [0.3, 0.4) is 0 Å². The first-order valence-corrected chi connectivity index (χ1v) is 10.6. The van der Waals surface area contributed by atoms with Crippen molar-refractivity contribution in [3.63, 3.8) is 0 Å². The standard InChI is InChI=1S/C24H19N3O2S/c28-23-16-7-2-4-9-21(16)26-14-19(23)24(29)27-13-18(22-10-5-11-30-22)17-12-25-20-8-3-1-6-15(17)20/h1-12,14,18,25H,13H2,(H,26,28)(H,27,29). The molecule has 3 aromatic heterocycles. The van der Waals surface area contributed by atoms with Gasteiger partial charge in [-0.3, -0.25) is 9.59 Å². The fourth-order valence-electron chi connectivity index (χ4n) is 3.86. The fourth-order valence-corrected chi connectivity index (χ4v) is 4.71. The van der Waals surface area contributed by atoms with E-state index in [0.29, 0.717) is 17.4 Å². The van der Waals surface area contributed by atoms with Crippen LogP contribution in [0, 0.1) is 0 Å². The van der Waals surface area contributed by atoms with E-state index < -0.39 is 0 Å². The number of benzene rings is 2. The van der Waals surface area contributed by atoms with Crippen LogP contribution in [-0.2, 0) is 0 Å². The zero-order valence-electron chi connectivity index (χ0n) is 16.0. The average Bonchev–Trinajstić information content (AvgIpc) is 3.45. The Hall–Kier alpha value is -3.64. The molecule has 0 saturated heterocycles. The van der Waals surface area contributed by atoms with Gasteiger partial charge in [-0.1, -0.05) is 36.4 Å². The van der Waals surface area contributed by atoms with Gasteiger partial charge in [0.1, 0.15) is 5.56 Å². The van der Waals surface area contributed by atoms with E-state index in [-0.39, 0.29) is 22.8 Å². The average molecular weight is 414 g/mol. The van der Waals surface area contributed by atoms with E-state index in [1.54, 1.807) is 23.5 Å². The lowest BCUT2D eigenvalue weighted by molar-refractivity contribution is 0.0951. The van der Waals surface area contributed by atoms with Crippen LogP contribution in [0.2, 0.25) is 0 Å². The van der Waals surface area contributed by atoms with E-state index in [2.05, 4.69) is 27.4 Å². The second-order valence-electron chi connectivity index (χ2n) is 7.14. The van der Waals surface area contributed by atoms with Crippen molar-refractivity contribution >= 4 is 39.0 Å². The summed E-state index contributed by atoms with van der Waals surface area (Å²) in [6.45, 7) is 0.396. The maximum absolute atomic E-state index is 12.9. The molecule has 148 valence electrons. The van der Waals surface area contributed by atoms with Gasteiger partial charge in [-0.2, -0.15) is 0 Å². The van der Waals surface area contributed by atoms with Crippen LogP contribution in [0.1, 0.15) is 26.7 Å². The first-order valence-electron chi connectivity index (χ1n) is 9.70. The Kier molecular flexibility index (Phi) is 4.69. The predicted octanol–water partition coefficient (Wildman–Crippen LogP) is 4.63. The summed E-state index contributed by atoms with van der Waals surface area (Å²) in [5.41, 5.74) is 2.76. The molecule has 0 saturated carbocycles. The fraction of sp³-hybridized carbons (Fsp3) is 0.0833. The predicted molar refractivity (Wildman–Crippen MR) is 121 cm³/mol. The number of para-hydroxylation sites is 2. The molecule has 0 spiro atoms. The quantitative estimate of drug-likeness (QED) is 0.393. The number of thiophene rings is 1. The van der Waals surface area contributed by atoms with E-state index in [1.807, 2.05) is 48.0 Å². The highest BCUT2D eigenvalue weighted by Gasteiger charge is 2.21. The molecule has 5 aromatic rings. The molecule has 0 aliphatic carbocycles. The molecular formula is C24H19N3O2S. The van der Waals surface area contributed by atoms with Gasteiger partial charge in [0.25, 0.3) is 5.91 Å². The Balaban J connectivity index is 1.46. The van der Waals surface area contributed by atoms with Crippen LogP contribution in [0.4, 0.5) is 0 Å². The van der Waals surface area contributed by atoms with Crippen molar-refractivity contribution in [1.82, 2.24) is 15.3 Å². The van der Waals surface area contributed by atoms with Crippen LogP contribution < -0.4 is 10.7 Å². The van der Waals surface area contributed by atoms with Gasteiger partial charge >= 0.3 is 0 Å². The van der Waals surface area contributed by atoms with E-state index in [0.717, 1.165) is 21.3 Å². The number of carbonyl (C=O) groups excluding carboxylic acids is 1. The molecule has 0 bridgehead atoms. The minimum absolute atomic E-state index is 0.00959. The third kappa shape index (κ3) is 3.21. The molecular weight excluding hydrogens is 394 g/mol. The summed E-state index contributed by atoms with van der Waals surface area (Å²) in [5.74, 6) is -0.381. The lowest BCUT2D eigenvalue weighted by atomic mass is 9.96. The van der Waals surface area contributed by atoms with Crippen LogP contribution in [0.25, 0.3) is 21.8 Å². The number of amides is 1. The normalized spacial score (nSPS) is 12.3.